The van der Waals surface area contributed by atoms with Crippen molar-refractivity contribution >= 4 is 64.8 Å². The number of hydrogen-bond acceptors (Lipinski definition) is 2. The number of imidazole rings is 1. The molecule has 3 nitrogen and oxygen atoms in total. The molecule has 19 heavy (non-hydrogen) atoms. The van der Waals surface area contributed by atoms with E-state index in [1.54, 1.807) is 0 Å². The zero-order valence-electron chi connectivity index (χ0n) is 9.57. The number of benzene rings is 2. The van der Waals surface area contributed by atoms with Gasteiger partial charge in [0.05, 0.1) is 16.7 Å². The van der Waals surface area contributed by atoms with Gasteiger partial charge >= 0.3 is 0 Å². The molecule has 0 aliphatic carbocycles. The highest BCUT2D eigenvalue weighted by Crippen LogP contribution is 2.34. The van der Waals surface area contributed by atoms with Crippen LogP contribution in [0.25, 0.3) is 16.7 Å². The Balaban J connectivity index is 2.42. The van der Waals surface area contributed by atoms with Gasteiger partial charge in [-0.1, -0.05) is 22.0 Å². The number of halogens is 3. The first-order valence-corrected chi connectivity index (χ1v) is 7.83. The number of fused-ring (bicyclic) bond motifs is 1. The third kappa shape index (κ3) is 2.22. The first-order valence-electron chi connectivity index (χ1n) is 5.46. The largest absolute Gasteiger partial charge is 0.369 e. The minimum absolute atomic E-state index is 0.459. The molecule has 3 aromatic rings. The summed E-state index contributed by atoms with van der Waals surface area (Å²) < 4.78 is 4.82. The second kappa shape index (κ2) is 4.92. The van der Waals surface area contributed by atoms with Crippen molar-refractivity contribution in [3.05, 3.63) is 49.8 Å². The Morgan fingerprint density at radius 1 is 1.00 bits per heavy atom. The maximum Gasteiger partial charge on any atom is 0.206 e. The van der Waals surface area contributed by atoms with E-state index < -0.39 is 0 Å². The van der Waals surface area contributed by atoms with Gasteiger partial charge in [0, 0.05) is 13.4 Å². The molecular formula is C13H8Br3N3. The minimum Gasteiger partial charge on any atom is -0.369 e. The maximum absolute atomic E-state index is 6.07. The molecular weight excluding hydrogens is 438 g/mol. The predicted octanol–water partition coefficient (Wildman–Crippen LogP) is 4.90. The van der Waals surface area contributed by atoms with E-state index in [4.69, 9.17) is 5.73 Å². The SMILES string of the molecule is Nc1nc2ccc(Br)cc2n1-c1c(Br)cccc1Br. The lowest BCUT2D eigenvalue weighted by atomic mass is 10.3. The number of aromatic nitrogens is 2. The van der Waals surface area contributed by atoms with Crippen LogP contribution in [0.4, 0.5) is 5.95 Å². The molecule has 0 fully saturated rings. The van der Waals surface area contributed by atoms with Crippen molar-refractivity contribution in [3.8, 4) is 5.69 Å². The van der Waals surface area contributed by atoms with Gasteiger partial charge in [-0.25, -0.2) is 4.98 Å². The summed E-state index contributed by atoms with van der Waals surface area (Å²) in [6.07, 6.45) is 0. The smallest absolute Gasteiger partial charge is 0.206 e. The molecule has 0 bridgehead atoms. The number of rotatable bonds is 1. The standard InChI is InChI=1S/C13H8Br3N3/c14-7-4-5-10-11(6-7)19(13(17)18-10)12-8(15)2-1-3-9(12)16/h1-6H,(H2,17,18). The Morgan fingerprint density at radius 2 is 1.68 bits per heavy atom. The van der Waals surface area contributed by atoms with Crippen LogP contribution in [0.1, 0.15) is 0 Å². The van der Waals surface area contributed by atoms with Crippen LogP contribution in [-0.2, 0) is 0 Å². The minimum atomic E-state index is 0.459. The van der Waals surface area contributed by atoms with Crippen LogP contribution < -0.4 is 5.73 Å². The molecule has 1 aromatic heterocycles. The fraction of sp³-hybridized carbons (Fsp3) is 0. The molecule has 0 aliphatic heterocycles. The second-order valence-corrected chi connectivity index (χ2v) is 6.63. The molecule has 0 aliphatic rings. The van der Waals surface area contributed by atoms with Crippen molar-refractivity contribution in [2.24, 2.45) is 0 Å². The number of nitrogen functional groups attached to an aromatic ring is 1. The molecule has 0 atom stereocenters. The predicted molar refractivity (Wildman–Crippen MR) is 88.6 cm³/mol. The van der Waals surface area contributed by atoms with E-state index >= 15 is 0 Å². The Labute approximate surface area is 135 Å². The highest BCUT2D eigenvalue weighted by molar-refractivity contribution is 9.11. The normalized spacial score (nSPS) is 11.1. The van der Waals surface area contributed by atoms with Crippen LogP contribution in [0.2, 0.25) is 0 Å². The van der Waals surface area contributed by atoms with E-state index in [9.17, 15) is 0 Å². The van der Waals surface area contributed by atoms with Gasteiger partial charge in [-0.05, 0) is 62.2 Å². The van der Waals surface area contributed by atoms with Gasteiger partial charge in [0.1, 0.15) is 0 Å². The van der Waals surface area contributed by atoms with Crippen LogP contribution >= 0.6 is 47.8 Å². The van der Waals surface area contributed by atoms with Crippen molar-refractivity contribution in [2.45, 2.75) is 0 Å². The molecule has 0 amide bonds. The van der Waals surface area contributed by atoms with Gasteiger partial charge in [-0.15, -0.1) is 0 Å². The number of hydrogen-bond donors (Lipinski definition) is 1. The average molecular weight is 446 g/mol. The van der Waals surface area contributed by atoms with Gasteiger partial charge in [-0.2, -0.15) is 0 Å². The van der Waals surface area contributed by atoms with Crippen LogP contribution in [0.5, 0.6) is 0 Å². The Morgan fingerprint density at radius 3 is 2.37 bits per heavy atom. The highest BCUT2D eigenvalue weighted by Gasteiger charge is 2.15. The maximum atomic E-state index is 6.07. The molecule has 96 valence electrons. The third-order valence-electron chi connectivity index (χ3n) is 2.80. The van der Waals surface area contributed by atoms with Crippen molar-refractivity contribution in [2.75, 3.05) is 5.73 Å². The van der Waals surface area contributed by atoms with Crippen LogP contribution in [0.3, 0.4) is 0 Å². The number of nitrogens with zero attached hydrogens (tertiary/aromatic N) is 2. The summed E-state index contributed by atoms with van der Waals surface area (Å²) in [6, 6.07) is 11.8. The zero-order valence-corrected chi connectivity index (χ0v) is 14.3. The van der Waals surface area contributed by atoms with E-state index in [0.29, 0.717) is 5.95 Å². The van der Waals surface area contributed by atoms with E-state index in [0.717, 1.165) is 30.1 Å². The fourth-order valence-corrected chi connectivity index (χ4v) is 3.71. The van der Waals surface area contributed by atoms with E-state index in [1.807, 2.05) is 41.0 Å². The summed E-state index contributed by atoms with van der Waals surface area (Å²) in [4.78, 5) is 4.39. The Bertz CT molecular complexity index is 760. The molecule has 0 spiro atoms. The lowest BCUT2D eigenvalue weighted by Gasteiger charge is -2.11. The highest BCUT2D eigenvalue weighted by atomic mass is 79.9. The summed E-state index contributed by atoms with van der Waals surface area (Å²) >= 11 is 10.6. The van der Waals surface area contributed by atoms with Gasteiger partial charge in [-0.3, -0.25) is 4.57 Å². The first-order chi connectivity index (χ1) is 9.08. The number of para-hydroxylation sites is 1. The summed E-state index contributed by atoms with van der Waals surface area (Å²) in [7, 11) is 0. The topological polar surface area (TPSA) is 43.8 Å². The second-order valence-electron chi connectivity index (χ2n) is 4.01. The van der Waals surface area contributed by atoms with Crippen molar-refractivity contribution in [3.63, 3.8) is 0 Å². The van der Waals surface area contributed by atoms with Crippen molar-refractivity contribution < 1.29 is 0 Å². The van der Waals surface area contributed by atoms with Crippen molar-refractivity contribution in [1.29, 1.82) is 0 Å². The van der Waals surface area contributed by atoms with Gasteiger partial charge in [0.15, 0.2) is 0 Å². The van der Waals surface area contributed by atoms with Crippen molar-refractivity contribution in [1.82, 2.24) is 9.55 Å². The van der Waals surface area contributed by atoms with Crippen LogP contribution in [0, 0.1) is 0 Å². The quantitative estimate of drug-likeness (QED) is 0.579. The molecule has 0 saturated carbocycles. The van der Waals surface area contributed by atoms with Gasteiger partial charge in [0.25, 0.3) is 0 Å². The zero-order chi connectivity index (χ0) is 13.6. The molecule has 1 heterocycles. The summed E-state index contributed by atoms with van der Waals surface area (Å²) in [6.45, 7) is 0. The van der Waals surface area contributed by atoms with E-state index in [1.165, 1.54) is 0 Å². The third-order valence-corrected chi connectivity index (χ3v) is 4.58. The molecule has 6 heteroatoms. The number of nitrogens with two attached hydrogens (primary N) is 1. The monoisotopic (exact) mass is 443 g/mol. The fourth-order valence-electron chi connectivity index (χ4n) is 2.00. The molecule has 3 rings (SSSR count). The first kappa shape index (κ1) is 13.1. The lowest BCUT2D eigenvalue weighted by molar-refractivity contribution is 1.09. The summed E-state index contributed by atoms with van der Waals surface area (Å²) in [5.74, 6) is 0.459. The lowest BCUT2D eigenvalue weighted by Crippen LogP contribution is -2.02. The van der Waals surface area contributed by atoms with Crippen LogP contribution in [0.15, 0.2) is 49.8 Å². The molecule has 0 unspecified atom stereocenters. The van der Waals surface area contributed by atoms with Crippen LogP contribution in [-0.4, -0.2) is 9.55 Å². The van der Waals surface area contributed by atoms with E-state index in [-0.39, 0.29) is 0 Å². The Hall–Kier alpha value is -0.850. The molecule has 2 aromatic carbocycles. The van der Waals surface area contributed by atoms with Gasteiger partial charge < -0.3 is 5.73 Å². The number of anilines is 1. The summed E-state index contributed by atoms with van der Waals surface area (Å²) in [5, 5.41) is 0. The molecule has 2 N–H and O–H groups in total. The van der Waals surface area contributed by atoms with Gasteiger partial charge in [0.2, 0.25) is 5.95 Å². The molecule has 0 radical (unpaired) electrons. The summed E-state index contributed by atoms with van der Waals surface area (Å²) in [5.41, 5.74) is 8.84. The average Bonchev–Trinajstić information content (AvgIpc) is 2.66. The molecule has 0 saturated heterocycles. The Kier molecular flexibility index (Phi) is 3.41. The van der Waals surface area contributed by atoms with E-state index in [2.05, 4.69) is 52.8 Å².